The zero-order valence-corrected chi connectivity index (χ0v) is 13.4. The number of rotatable bonds is 6. The Morgan fingerprint density at radius 3 is 2.70 bits per heavy atom. The van der Waals surface area contributed by atoms with Crippen molar-refractivity contribution >= 4 is 34.1 Å². The van der Waals surface area contributed by atoms with Gasteiger partial charge in [-0.3, -0.25) is 14.4 Å². The van der Waals surface area contributed by atoms with Gasteiger partial charge < -0.3 is 20.2 Å². The lowest BCUT2D eigenvalue weighted by molar-refractivity contribution is -0.140. The molecule has 8 heteroatoms. The van der Waals surface area contributed by atoms with E-state index in [0.29, 0.717) is 15.4 Å². The average molecular weight is 336 g/mol. The van der Waals surface area contributed by atoms with Crippen LogP contribution < -0.4 is 10.6 Å². The van der Waals surface area contributed by atoms with Crippen molar-refractivity contribution in [3.05, 3.63) is 40.7 Å². The van der Waals surface area contributed by atoms with E-state index in [1.54, 1.807) is 19.1 Å². The number of carboxylic acids is 1. The standard InChI is InChI=1S/C15H16N2O5S/c1-8-6-11(17-13(18)10-4-3-5-22-10)23-12(8)14(19)16-7-9(2)15(20)21/h3-6,9H,7H2,1-2H3,(H,16,19)(H,17,18)(H,20,21). The summed E-state index contributed by atoms with van der Waals surface area (Å²) in [6.07, 6.45) is 1.40. The Morgan fingerprint density at radius 2 is 2.09 bits per heavy atom. The van der Waals surface area contributed by atoms with E-state index >= 15 is 0 Å². The highest BCUT2D eigenvalue weighted by atomic mass is 32.1. The van der Waals surface area contributed by atoms with Gasteiger partial charge in [0.25, 0.3) is 11.8 Å². The van der Waals surface area contributed by atoms with Crippen molar-refractivity contribution in [2.45, 2.75) is 13.8 Å². The van der Waals surface area contributed by atoms with E-state index in [-0.39, 0.29) is 18.2 Å². The van der Waals surface area contributed by atoms with Gasteiger partial charge in [-0.05, 0) is 30.7 Å². The summed E-state index contributed by atoms with van der Waals surface area (Å²) >= 11 is 1.12. The first-order chi connectivity index (χ1) is 10.9. The lowest BCUT2D eigenvalue weighted by Gasteiger charge is -2.07. The molecule has 0 saturated carbocycles. The Kier molecular flexibility index (Phi) is 5.17. The first-order valence-corrected chi connectivity index (χ1v) is 7.66. The first kappa shape index (κ1) is 16.8. The quantitative estimate of drug-likeness (QED) is 0.750. The highest BCUT2D eigenvalue weighted by molar-refractivity contribution is 7.18. The van der Waals surface area contributed by atoms with Crippen LogP contribution in [0.25, 0.3) is 0 Å². The SMILES string of the molecule is Cc1cc(NC(=O)c2ccco2)sc1C(=O)NCC(C)C(=O)O. The molecule has 122 valence electrons. The van der Waals surface area contributed by atoms with Gasteiger partial charge in [-0.1, -0.05) is 6.92 Å². The number of carboxylic acid groups (broad SMARTS) is 1. The summed E-state index contributed by atoms with van der Waals surface area (Å²) in [5.41, 5.74) is 0.699. The van der Waals surface area contributed by atoms with Gasteiger partial charge in [-0.15, -0.1) is 11.3 Å². The van der Waals surface area contributed by atoms with Gasteiger partial charge in [0.05, 0.1) is 22.1 Å². The summed E-state index contributed by atoms with van der Waals surface area (Å²) in [5.74, 6) is -2.23. The average Bonchev–Trinajstić information content (AvgIpc) is 3.14. The van der Waals surface area contributed by atoms with Gasteiger partial charge in [-0.25, -0.2) is 0 Å². The Bertz CT molecular complexity index is 720. The van der Waals surface area contributed by atoms with Crippen LogP contribution in [0.5, 0.6) is 0 Å². The van der Waals surface area contributed by atoms with Crippen LogP contribution in [-0.4, -0.2) is 29.4 Å². The monoisotopic (exact) mass is 336 g/mol. The zero-order valence-electron chi connectivity index (χ0n) is 12.6. The molecule has 2 rings (SSSR count). The number of aliphatic carboxylic acids is 1. The molecule has 0 aliphatic rings. The van der Waals surface area contributed by atoms with Gasteiger partial charge in [0, 0.05) is 6.54 Å². The van der Waals surface area contributed by atoms with Crippen molar-refractivity contribution in [1.29, 1.82) is 0 Å². The molecule has 1 atom stereocenters. The van der Waals surface area contributed by atoms with Crippen LogP contribution in [0.3, 0.4) is 0 Å². The Labute approximate surface area is 136 Å². The minimum Gasteiger partial charge on any atom is -0.481 e. The van der Waals surface area contributed by atoms with Gasteiger partial charge in [0.15, 0.2) is 5.76 Å². The number of hydrogen-bond acceptors (Lipinski definition) is 5. The van der Waals surface area contributed by atoms with E-state index in [0.717, 1.165) is 11.3 Å². The van der Waals surface area contributed by atoms with E-state index in [1.807, 2.05) is 0 Å². The summed E-state index contributed by atoms with van der Waals surface area (Å²) in [6, 6.07) is 4.83. The highest BCUT2D eigenvalue weighted by Crippen LogP contribution is 2.27. The molecule has 0 fully saturated rings. The molecule has 0 aliphatic carbocycles. The summed E-state index contributed by atoms with van der Waals surface area (Å²) < 4.78 is 5.00. The minimum atomic E-state index is -0.973. The number of nitrogens with one attached hydrogen (secondary N) is 2. The molecule has 3 N–H and O–H groups in total. The predicted octanol–water partition coefficient (Wildman–Crippen LogP) is 2.35. The third-order valence-corrected chi connectivity index (χ3v) is 4.25. The fourth-order valence-electron chi connectivity index (χ4n) is 1.76. The third-order valence-electron chi connectivity index (χ3n) is 3.10. The first-order valence-electron chi connectivity index (χ1n) is 6.84. The summed E-state index contributed by atoms with van der Waals surface area (Å²) in [6.45, 7) is 3.30. The highest BCUT2D eigenvalue weighted by Gasteiger charge is 2.18. The fraction of sp³-hybridized carbons (Fsp3) is 0.267. The molecule has 0 bridgehead atoms. The number of amides is 2. The van der Waals surface area contributed by atoms with E-state index in [4.69, 9.17) is 9.52 Å². The normalized spacial score (nSPS) is 11.7. The van der Waals surface area contributed by atoms with Crippen molar-refractivity contribution in [2.75, 3.05) is 11.9 Å². The van der Waals surface area contributed by atoms with Gasteiger partial charge in [-0.2, -0.15) is 0 Å². The lowest BCUT2D eigenvalue weighted by Crippen LogP contribution is -2.31. The molecule has 2 amide bonds. The molecule has 0 spiro atoms. The fourth-order valence-corrected chi connectivity index (χ4v) is 2.75. The number of thiophene rings is 1. The Morgan fingerprint density at radius 1 is 1.35 bits per heavy atom. The maximum absolute atomic E-state index is 12.1. The van der Waals surface area contributed by atoms with Crippen LogP contribution in [0.1, 0.15) is 32.7 Å². The summed E-state index contributed by atoms with van der Waals surface area (Å²) in [4.78, 5) is 35.2. The minimum absolute atomic E-state index is 0.0413. The van der Waals surface area contributed by atoms with Crippen LogP contribution in [0.4, 0.5) is 5.00 Å². The summed E-state index contributed by atoms with van der Waals surface area (Å²) in [5, 5.41) is 14.6. The molecule has 1 unspecified atom stereocenters. The molecule has 0 aliphatic heterocycles. The zero-order chi connectivity index (χ0) is 17.0. The topological polar surface area (TPSA) is 109 Å². The maximum Gasteiger partial charge on any atom is 0.308 e. The van der Waals surface area contributed by atoms with Crippen molar-refractivity contribution in [2.24, 2.45) is 5.92 Å². The van der Waals surface area contributed by atoms with Gasteiger partial charge >= 0.3 is 5.97 Å². The second-order valence-electron chi connectivity index (χ2n) is 5.00. The van der Waals surface area contributed by atoms with Crippen molar-refractivity contribution in [1.82, 2.24) is 5.32 Å². The molecular formula is C15H16N2O5S. The van der Waals surface area contributed by atoms with Crippen LogP contribution in [0.2, 0.25) is 0 Å². The van der Waals surface area contributed by atoms with Crippen LogP contribution >= 0.6 is 11.3 Å². The number of aryl methyl sites for hydroxylation is 1. The largest absolute Gasteiger partial charge is 0.481 e. The van der Waals surface area contributed by atoms with Crippen molar-refractivity contribution in [3.63, 3.8) is 0 Å². The second kappa shape index (κ2) is 7.10. The molecule has 0 saturated heterocycles. The maximum atomic E-state index is 12.1. The molecule has 0 aromatic carbocycles. The number of carbonyl (C=O) groups is 3. The van der Waals surface area contributed by atoms with Crippen LogP contribution in [-0.2, 0) is 4.79 Å². The molecule has 23 heavy (non-hydrogen) atoms. The van der Waals surface area contributed by atoms with Crippen LogP contribution in [0, 0.1) is 12.8 Å². The lowest BCUT2D eigenvalue weighted by atomic mass is 10.2. The molecule has 2 heterocycles. The third kappa shape index (κ3) is 4.19. The molecule has 2 aromatic heterocycles. The van der Waals surface area contributed by atoms with Crippen molar-refractivity contribution < 1.29 is 23.9 Å². The van der Waals surface area contributed by atoms with Crippen molar-refractivity contribution in [3.8, 4) is 0 Å². The Hall–Kier alpha value is -2.61. The number of carbonyl (C=O) groups excluding carboxylic acids is 2. The smallest absolute Gasteiger partial charge is 0.308 e. The van der Waals surface area contributed by atoms with E-state index < -0.39 is 17.8 Å². The predicted molar refractivity (Wildman–Crippen MR) is 84.9 cm³/mol. The van der Waals surface area contributed by atoms with Crippen LogP contribution in [0.15, 0.2) is 28.9 Å². The number of furan rings is 1. The molecule has 2 aromatic rings. The second-order valence-corrected chi connectivity index (χ2v) is 6.06. The number of hydrogen-bond donors (Lipinski definition) is 3. The summed E-state index contributed by atoms with van der Waals surface area (Å²) in [7, 11) is 0. The molecule has 0 radical (unpaired) electrons. The van der Waals surface area contributed by atoms with Gasteiger partial charge in [0.1, 0.15) is 0 Å². The number of anilines is 1. The Balaban J connectivity index is 2.01. The van der Waals surface area contributed by atoms with E-state index in [2.05, 4.69) is 10.6 Å². The van der Waals surface area contributed by atoms with E-state index in [9.17, 15) is 14.4 Å². The molecule has 7 nitrogen and oxygen atoms in total. The molecular weight excluding hydrogens is 320 g/mol. The van der Waals surface area contributed by atoms with E-state index in [1.165, 1.54) is 19.3 Å². The van der Waals surface area contributed by atoms with Gasteiger partial charge in [0.2, 0.25) is 0 Å².